The number of rotatable bonds is 7. The van der Waals surface area contributed by atoms with E-state index in [2.05, 4.69) is 5.32 Å². The molecular formula is C20H26N2O2. The normalized spacial score (nSPS) is 11.1. The number of hydrogen-bond acceptors (Lipinski definition) is 3. The maximum Gasteiger partial charge on any atom is 0.226 e. The maximum absolute atomic E-state index is 12.5. The number of nitrogens with one attached hydrogen (secondary N) is 1. The van der Waals surface area contributed by atoms with Crippen LogP contribution in [-0.4, -0.2) is 19.6 Å². The molecule has 4 nitrogen and oxygen atoms in total. The summed E-state index contributed by atoms with van der Waals surface area (Å²) >= 11 is 0. The van der Waals surface area contributed by atoms with Crippen LogP contribution >= 0.6 is 0 Å². The van der Waals surface area contributed by atoms with E-state index in [0.717, 1.165) is 29.0 Å². The number of nitrogens with two attached hydrogens (primary N) is 1. The first-order valence-electron chi connectivity index (χ1n) is 8.17. The van der Waals surface area contributed by atoms with Crippen LogP contribution in [0.15, 0.2) is 48.5 Å². The molecule has 0 aliphatic heterocycles. The van der Waals surface area contributed by atoms with Crippen LogP contribution in [0.5, 0.6) is 5.75 Å². The third-order valence-electron chi connectivity index (χ3n) is 4.12. The average molecular weight is 326 g/mol. The molecule has 0 aliphatic rings. The predicted molar refractivity (Wildman–Crippen MR) is 98.0 cm³/mol. The monoisotopic (exact) mass is 326 g/mol. The molecule has 0 fully saturated rings. The lowest BCUT2D eigenvalue weighted by Crippen LogP contribution is -2.39. The quantitative estimate of drug-likeness (QED) is 0.768. The van der Waals surface area contributed by atoms with Gasteiger partial charge in [0.1, 0.15) is 5.75 Å². The summed E-state index contributed by atoms with van der Waals surface area (Å²) in [4.78, 5) is 12.5. The molecule has 2 rings (SSSR count). The Hall–Kier alpha value is -2.49. The molecule has 128 valence electrons. The van der Waals surface area contributed by atoms with Crippen LogP contribution in [0.4, 0.5) is 5.69 Å². The van der Waals surface area contributed by atoms with Crippen molar-refractivity contribution in [3.8, 4) is 5.75 Å². The molecular weight excluding hydrogens is 300 g/mol. The van der Waals surface area contributed by atoms with Crippen molar-refractivity contribution in [2.75, 3.05) is 19.4 Å². The topological polar surface area (TPSA) is 64.3 Å². The Morgan fingerprint density at radius 1 is 1.12 bits per heavy atom. The second-order valence-electron chi connectivity index (χ2n) is 6.62. The molecule has 0 unspecified atom stereocenters. The lowest BCUT2D eigenvalue weighted by atomic mass is 9.84. The molecule has 2 aromatic carbocycles. The van der Waals surface area contributed by atoms with E-state index in [-0.39, 0.29) is 5.91 Å². The van der Waals surface area contributed by atoms with Gasteiger partial charge in [0.25, 0.3) is 0 Å². The summed E-state index contributed by atoms with van der Waals surface area (Å²) in [5, 5.41) is 3.03. The molecule has 1 amide bonds. The maximum atomic E-state index is 12.5. The summed E-state index contributed by atoms with van der Waals surface area (Å²) in [6.07, 6.45) is 1.42. The fourth-order valence-corrected chi connectivity index (χ4v) is 2.65. The zero-order chi connectivity index (χ0) is 17.6. The lowest BCUT2D eigenvalue weighted by Gasteiger charge is -2.24. The van der Waals surface area contributed by atoms with E-state index in [9.17, 15) is 4.79 Å². The number of ether oxygens (including phenoxy) is 1. The number of nitrogen functional groups attached to an aromatic ring is 1. The number of methoxy groups -OCH3 is 1. The summed E-state index contributed by atoms with van der Waals surface area (Å²) in [6, 6.07) is 15.6. The molecule has 0 radical (unpaired) electrons. The van der Waals surface area contributed by atoms with Crippen molar-refractivity contribution < 1.29 is 9.53 Å². The molecule has 0 saturated heterocycles. The highest BCUT2D eigenvalue weighted by atomic mass is 16.5. The smallest absolute Gasteiger partial charge is 0.226 e. The molecule has 0 heterocycles. The highest BCUT2D eigenvalue weighted by Crippen LogP contribution is 2.27. The van der Waals surface area contributed by atoms with E-state index >= 15 is 0 Å². The van der Waals surface area contributed by atoms with E-state index in [0.29, 0.717) is 13.0 Å². The third-order valence-corrected chi connectivity index (χ3v) is 4.12. The Morgan fingerprint density at radius 2 is 1.79 bits per heavy atom. The highest BCUT2D eigenvalue weighted by molar-refractivity contribution is 5.82. The number of anilines is 1. The Balaban J connectivity index is 1.91. The zero-order valence-electron chi connectivity index (χ0n) is 14.6. The fourth-order valence-electron chi connectivity index (χ4n) is 2.65. The molecule has 0 aliphatic carbocycles. The van der Waals surface area contributed by atoms with E-state index in [1.807, 2.05) is 62.4 Å². The summed E-state index contributed by atoms with van der Waals surface area (Å²) in [6.45, 7) is 4.52. The molecule has 0 saturated carbocycles. The second-order valence-corrected chi connectivity index (χ2v) is 6.62. The number of hydrogen-bond donors (Lipinski definition) is 2. The molecule has 3 N–H and O–H groups in total. The van der Waals surface area contributed by atoms with Gasteiger partial charge >= 0.3 is 0 Å². The van der Waals surface area contributed by atoms with Gasteiger partial charge in [0, 0.05) is 17.6 Å². The van der Waals surface area contributed by atoms with Crippen LogP contribution in [-0.2, 0) is 17.6 Å². The minimum atomic E-state index is -0.504. The van der Waals surface area contributed by atoms with Gasteiger partial charge in [0.2, 0.25) is 5.91 Å². The van der Waals surface area contributed by atoms with E-state index in [4.69, 9.17) is 10.5 Å². The first-order valence-corrected chi connectivity index (χ1v) is 8.17. The van der Waals surface area contributed by atoms with Crippen LogP contribution in [0.2, 0.25) is 0 Å². The van der Waals surface area contributed by atoms with Crippen LogP contribution in [0.1, 0.15) is 25.0 Å². The van der Waals surface area contributed by atoms with E-state index in [1.54, 1.807) is 7.11 Å². The lowest BCUT2D eigenvalue weighted by molar-refractivity contribution is -0.129. The van der Waals surface area contributed by atoms with Crippen molar-refractivity contribution in [2.24, 2.45) is 5.41 Å². The predicted octanol–water partition coefficient (Wildman–Crippen LogP) is 3.21. The van der Waals surface area contributed by atoms with Gasteiger partial charge in [0.15, 0.2) is 0 Å². The van der Waals surface area contributed by atoms with Crippen LogP contribution < -0.4 is 15.8 Å². The number of carbonyl (C=O) groups excluding carboxylic acids is 1. The van der Waals surface area contributed by atoms with Crippen LogP contribution in [0.3, 0.4) is 0 Å². The summed E-state index contributed by atoms with van der Waals surface area (Å²) in [5.41, 5.74) is 8.12. The minimum absolute atomic E-state index is 0.0452. The Kier molecular flexibility index (Phi) is 5.85. The molecule has 0 aromatic heterocycles. The zero-order valence-corrected chi connectivity index (χ0v) is 14.6. The molecule has 4 heteroatoms. The van der Waals surface area contributed by atoms with Crippen molar-refractivity contribution in [1.29, 1.82) is 0 Å². The Bertz CT molecular complexity index is 678. The van der Waals surface area contributed by atoms with Crippen molar-refractivity contribution in [2.45, 2.75) is 26.7 Å². The number of carbonyl (C=O) groups is 1. The number of amides is 1. The van der Waals surface area contributed by atoms with E-state index < -0.39 is 5.41 Å². The number of benzene rings is 2. The Morgan fingerprint density at radius 3 is 2.46 bits per heavy atom. The van der Waals surface area contributed by atoms with Crippen molar-refractivity contribution in [3.05, 3.63) is 59.7 Å². The van der Waals surface area contributed by atoms with Crippen molar-refractivity contribution >= 4 is 11.6 Å². The van der Waals surface area contributed by atoms with Gasteiger partial charge in [-0.3, -0.25) is 4.79 Å². The molecule has 2 aromatic rings. The summed E-state index contributed by atoms with van der Waals surface area (Å²) in [7, 11) is 1.65. The molecule has 0 bridgehead atoms. The molecule has 0 spiro atoms. The van der Waals surface area contributed by atoms with Gasteiger partial charge in [-0.15, -0.1) is 0 Å². The second kappa shape index (κ2) is 7.86. The largest absolute Gasteiger partial charge is 0.496 e. The Labute approximate surface area is 144 Å². The third kappa shape index (κ3) is 4.75. The standard InChI is InChI=1S/C20H26N2O2/c1-20(2,14-16-6-4-5-7-18(16)24-3)19(23)22-13-12-15-8-10-17(21)11-9-15/h4-11H,12-14,21H2,1-3H3,(H,22,23). The molecule has 24 heavy (non-hydrogen) atoms. The van der Waals surface area contributed by atoms with Gasteiger partial charge in [-0.1, -0.05) is 44.2 Å². The molecule has 0 atom stereocenters. The van der Waals surface area contributed by atoms with Crippen LogP contribution in [0.25, 0.3) is 0 Å². The van der Waals surface area contributed by atoms with Gasteiger partial charge in [-0.25, -0.2) is 0 Å². The van der Waals surface area contributed by atoms with Gasteiger partial charge in [-0.2, -0.15) is 0 Å². The first-order chi connectivity index (χ1) is 11.4. The minimum Gasteiger partial charge on any atom is -0.496 e. The average Bonchev–Trinajstić information content (AvgIpc) is 2.56. The summed E-state index contributed by atoms with van der Waals surface area (Å²) in [5.74, 6) is 0.865. The highest BCUT2D eigenvalue weighted by Gasteiger charge is 2.28. The van der Waals surface area contributed by atoms with Crippen molar-refractivity contribution in [3.63, 3.8) is 0 Å². The fraction of sp³-hybridized carbons (Fsp3) is 0.350. The van der Waals surface area contributed by atoms with Gasteiger partial charge in [0.05, 0.1) is 7.11 Å². The number of para-hydroxylation sites is 1. The first kappa shape index (κ1) is 17.9. The summed E-state index contributed by atoms with van der Waals surface area (Å²) < 4.78 is 5.38. The van der Waals surface area contributed by atoms with Gasteiger partial charge in [-0.05, 0) is 42.2 Å². The van der Waals surface area contributed by atoms with Gasteiger partial charge < -0.3 is 15.8 Å². The van der Waals surface area contributed by atoms with Crippen molar-refractivity contribution in [1.82, 2.24) is 5.32 Å². The van der Waals surface area contributed by atoms with Crippen LogP contribution in [0, 0.1) is 5.41 Å². The van der Waals surface area contributed by atoms with E-state index in [1.165, 1.54) is 0 Å². The SMILES string of the molecule is COc1ccccc1CC(C)(C)C(=O)NCCc1ccc(N)cc1.